The molecule has 18 heavy (non-hydrogen) atoms. The van der Waals surface area contributed by atoms with Crippen LogP contribution in [0.4, 0.5) is 0 Å². The van der Waals surface area contributed by atoms with Crippen molar-refractivity contribution in [3.05, 3.63) is 59.6 Å². The molecular weight excluding hydrogens is 238 g/mol. The van der Waals surface area contributed by atoms with E-state index in [0.717, 1.165) is 6.54 Å². The average Bonchev–Trinajstić information content (AvgIpc) is 2.61. The van der Waals surface area contributed by atoms with Gasteiger partial charge >= 0.3 is 0 Å². The number of aromatic nitrogens is 1. The molecule has 0 bridgehead atoms. The Labute approximate surface area is 109 Å². The van der Waals surface area contributed by atoms with Gasteiger partial charge in [-0.25, -0.2) is 0 Å². The molecule has 2 heterocycles. The van der Waals surface area contributed by atoms with Gasteiger partial charge in [-0.05, 0) is 17.5 Å². The van der Waals surface area contributed by atoms with Gasteiger partial charge in [-0.15, -0.1) is 0 Å². The van der Waals surface area contributed by atoms with E-state index in [1.807, 2.05) is 11.3 Å². The summed E-state index contributed by atoms with van der Waals surface area (Å²) in [6, 6.07) is 13.1. The SMILES string of the molecule is C1=CC[n+]2c(sc3c4ccccc4ccc32)C=C1. The summed E-state index contributed by atoms with van der Waals surface area (Å²) < 4.78 is 3.77. The topological polar surface area (TPSA) is 3.88 Å². The molecular formula is C16H12NS+. The lowest BCUT2D eigenvalue weighted by Crippen LogP contribution is -2.33. The van der Waals surface area contributed by atoms with Gasteiger partial charge in [0.15, 0.2) is 6.54 Å². The fourth-order valence-corrected chi connectivity index (χ4v) is 3.74. The highest BCUT2D eigenvalue weighted by molar-refractivity contribution is 7.19. The lowest BCUT2D eigenvalue weighted by molar-refractivity contribution is -0.658. The van der Waals surface area contributed by atoms with Gasteiger partial charge in [0.25, 0.3) is 5.01 Å². The summed E-state index contributed by atoms with van der Waals surface area (Å²) in [7, 11) is 0. The van der Waals surface area contributed by atoms with Crippen LogP contribution in [-0.2, 0) is 6.54 Å². The van der Waals surface area contributed by atoms with Crippen LogP contribution in [0.5, 0.6) is 0 Å². The maximum absolute atomic E-state index is 2.38. The maximum Gasteiger partial charge on any atom is 0.263 e. The van der Waals surface area contributed by atoms with Gasteiger partial charge in [0.05, 0.1) is 0 Å². The molecule has 1 aliphatic heterocycles. The van der Waals surface area contributed by atoms with Crippen LogP contribution >= 0.6 is 11.3 Å². The lowest BCUT2D eigenvalue weighted by Gasteiger charge is -1.96. The Morgan fingerprint density at radius 3 is 2.94 bits per heavy atom. The number of thiazole rings is 1. The molecule has 0 amide bonds. The van der Waals surface area contributed by atoms with Crippen molar-refractivity contribution in [1.82, 2.24) is 0 Å². The molecule has 0 spiro atoms. The first-order valence-corrected chi connectivity index (χ1v) is 6.92. The van der Waals surface area contributed by atoms with E-state index in [4.69, 9.17) is 0 Å². The second kappa shape index (κ2) is 3.79. The summed E-state index contributed by atoms with van der Waals surface area (Å²) in [5.74, 6) is 0. The molecule has 1 aromatic heterocycles. The molecule has 0 atom stereocenters. The molecule has 0 radical (unpaired) electrons. The molecule has 2 aromatic carbocycles. The molecule has 3 aromatic rings. The monoisotopic (exact) mass is 250 g/mol. The highest BCUT2D eigenvalue weighted by atomic mass is 32.1. The van der Waals surface area contributed by atoms with Crippen LogP contribution in [0.25, 0.3) is 27.1 Å². The van der Waals surface area contributed by atoms with Gasteiger partial charge in [0, 0.05) is 17.5 Å². The maximum atomic E-state index is 2.38. The fraction of sp³-hybridized carbons (Fsp3) is 0.0625. The summed E-state index contributed by atoms with van der Waals surface area (Å²) in [5.41, 5.74) is 1.34. The number of benzene rings is 2. The Kier molecular flexibility index (Phi) is 2.11. The highest BCUT2D eigenvalue weighted by Gasteiger charge is 2.19. The summed E-state index contributed by atoms with van der Waals surface area (Å²) in [4.78, 5) is 0. The number of rotatable bonds is 0. The Morgan fingerprint density at radius 1 is 1.00 bits per heavy atom. The smallest absolute Gasteiger partial charge is 0.178 e. The first kappa shape index (κ1) is 10.0. The normalized spacial score (nSPS) is 14.0. The Bertz CT molecular complexity index is 808. The third-order valence-electron chi connectivity index (χ3n) is 3.40. The van der Waals surface area contributed by atoms with Crippen molar-refractivity contribution in [1.29, 1.82) is 0 Å². The summed E-state index contributed by atoms with van der Waals surface area (Å²) in [6.07, 6.45) is 8.64. The third kappa shape index (κ3) is 1.36. The minimum absolute atomic E-state index is 0.959. The standard InChI is InChI=1S/C16H12NS/c1-2-8-15-17(11-5-1)14-10-9-12-6-3-4-7-13(12)16(14)18-15/h1-10H,11H2/q+1. The summed E-state index contributed by atoms with van der Waals surface area (Å²) in [6.45, 7) is 0.959. The van der Waals surface area contributed by atoms with Gasteiger partial charge in [-0.3, -0.25) is 0 Å². The first-order chi connectivity index (χ1) is 8.93. The molecule has 0 fully saturated rings. The van der Waals surface area contributed by atoms with E-state index in [1.165, 1.54) is 26.0 Å². The number of nitrogens with zero attached hydrogens (tertiary/aromatic N) is 1. The second-order valence-corrected chi connectivity index (χ2v) is 5.50. The molecule has 0 saturated carbocycles. The molecule has 0 unspecified atom stereocenters. The molecule has 2 heteroatoms. The zero-order valence-corrected chi connectivity index (χ0v) is 10.7. The van der Waals surface area contributed by atoms with Crippen molar-refractivity contribution < 1.29 is 4.57 Å². The number of hydrogen-bond acceptors (Lipinski definition) is 1. The molecule has 4 rings (SSSR count). The highest BCUT2D eigenvalue weighted by Crippen LogP contribution is 2.30. The number of allylic oxidation sites excluding steroid dienone is 3. The first-order valence-electron chi connectivity index (χ1n) is 6.11. The van der Waals surface area contributed by atoms with Crippen molar-refractivity contribution in [2.24, 2.45) is 0 Å². The molecule has 1 aliphatic rings. The van der Waals surface area contributed by atoms with Gasteiger partial charge in [0.2, 0.25) is 5.52 Å². The predicted molar refractivity (Wildman–Crippen MR) is 77.7 cm³/mol. The minimum Gasteiger partial charge on any atom is -0.178 e. The van der Waals surface area contributed by atoms with E-state index in [-0.39, 0.29) is 0 Å². The quantitative estimate of drug-likeness (QED) is 0.532. The number of fused-ring (bicyclic) bond motifs is 5. The van der Waals surface area contributed by atoms with Crippen molar-refractivity contribution >= 4 is 38.4 Å². The van der Waals surface area contributed by atoms with Crippen molar-refractivity contribution in [2.45, 2.75) is 6.54 Å². The Balaban J connectivity index is 2.16. The van der Waals surface area contributed by atoms with Gasteiger partial charge < -0.3 is 0 Å². The Morgan fingerprint density at radius 2 is 1.94 bits per heavy atom. The van der Waals surface area contributed by atoms with Gasteiger partial charge in [0.1, 0.15) is 4.70 Å². The van der Waals surface area contributed by atoms with Crippen LogP contribution in [0.15, 0.2) is 54.6 Å². The van der Waals surface area contributed by atoms with E-state index < -0.39 is 0 Å². The van der Waals surface area contributed by atoms with E-state index in [9.17, 15) is 0 Å². The molecule has 0 aliphatic carbocycles. The van der Waals surface area contributed by atoms with Crippen LogP contribution in [-0.4, -0.2) is 0 Å². The van der Waals surface area contributed by atoms with Crippen LogP contribution in [0.3, 0.4) is 0 Å². The fourth-order valence-electron chi connectivity index (χ4n) is 2.52. The third-order valence-corrected chi connectivity index (χ3v) is 4.60. The second-order valence-electron chi connectivity index (χ2n) is 4.47. The molecule has 86 valence electrons. The molecule has 0 N–H and O–H groups in total. The van der Waals surface area contributed by atoms with E-state index in [1.54, 1.807) is 0 Å². The zero-order valence-electron chi connectivity index (χ0n) is 9.84. The van der Waals surface area contributed by atoms with Crippen LogP contribution in [0.2, 0.25) is 0 Å². The predicted octanol–water partition coefficient (Wildman–Crippen LogP) is 3.93. The lowest BCUT2D eigenvalue weighted by atomic mass is 10.1. The minimum atomic E-state index is 0.959. The Hall–Kier alpha value is -1.93. The van der Waals surface area contributed by atoms with Crippen LogP contribution in [0.1, 0.15) is 5.01 Å². The van der Waals surface area contributed by atoms with E-state index >= 15 is 0 Å². The average molecular weight is 250 g/mol. The molecule has 0 saturated heterocycles. The van der Waals surface area contributed by atoms with Crippen molar-refractivity contribution in [3.8, 4) is 0 Å². The van der Waals surface area contributed by atoms with Crippen LogP contribution < -0.4 is 4.57 Å². The van der Waals surface area contributed by atoms with Gasteiger partial charge in [-0.2, -0.15) is 4.57 Å². The van der Waals surface area contributed by atoms with Crippen molar-refractivity contribution in [2.75, 3.05) is 0 Å². The zero-order chi connectivity index (χ0) is 11.9. The van der Waals surface area contributed by atoms with E-state index in [2.05, 4.69) is 65.3 Å². The van der Waals surface area contributed by atoms with Crippen LogP contribution in [0, 0.1) is 0 Å². The largest absolute Gasteiger partial charge is 0.263 e. The summed E-state index contributed by atoms with van der Waals surface area (Å²) >= 11 is 1.88. The molecule has 1 nitrogen and oxygen atoms in total. The van der Waals surface area contributed by atoms with Crippen molar-refractivity contribution in [3.63, 3.8) is 0 Å². The van der Waals surface area contributed by atoms with E-state index in [0.29, 0.717) is 0 Å². The summed E-state index contributed by atoms with van der Waals surface area (Å²) in [5, 5.41) is 4.01. The van der Waals surface area contributed by atoms with Gasteiger partial charge in [-0.1, -0.05) is 47.8 Å². The number of hydrogen-bond donors (Lipinski definition) is 0.